The molecule has 4 aromatic heterocycles. The average Bonchev–Trinajstić information content (AvgIpc) is 3.38. The van der Waals surface area contributed by atoms with Crippen LogP contribution in [-0.4, -0.2) is 25.1 Å². The molecule has 0 aliphatic carbocycles. The smallest absolute Gasteiger partial charge is 0.116 e. The molecule has 4 rings (SSSR count). The van der Waals surface area contributed by atoms with Crippen LogP contribution in [0.2, 0.25) is 0 Å². The lowest BCUT2D eigenvalue weighted by Gasteiger charge is -2.06. The van der Waals surface area contributed by atoms with Gasteiger partial charge in [-0.2, -0.15) is 5.10 Å². The van der Waals surface area contributed by atoms with E-state index < -0.39 is 0 Å². The van der Waals surface area contributed by atoms with E-state index in [0.717, 1.165) is 61.0 Å². The standard InChI is InChI=1S/C28H27N5/c1-6-8-24(22-9-7-12-29-16-22)25-14-27(31-21(25)5)28-20(4)26(32-33-28)11-10-19(3)23-13-18(2)15-30-17-23/h6-17,31-32H,1,4H2,2-3,5H3/b19-10+,24-8-,26-11+. The molecule has 0 bridgehead atoms. The zero-order valence-corrected chi connectivity index (χ0v) is 19.2. The number of rotatable bonds is 6. The minimum Gasteiger partial charge on any atom is -0.357 e. The van der Waals surface area contributed by atoms with Crippen LogP contribution in [-0.2, 0) is 0 Å². The normalized spacial score (nSPS) is 12.9. The Labute approximate surface area is 193 Å². The van der Waals surface area contributed by atoms with Crippen molar-refractivity contribution in [2.24, 2.45) is 0 Å². The molecule has 0 saturated carbocycles. The zero-order chi connectivity index (χ0) is 23.4. The number of aryl methyl sites for hydroxylation is 2. The van der Waals surface area contributed by atoms with Crippen LogP contribution in [0.1, 0.15) is 34.9 Å². The number of pyridine rings is 2. The summed E-state index contributed by atoms with van der Waals surface area (Å²) in [6.07, 6.45) is 15.2. The van der Waals surface area contributed by atoms with Gasteiger partial charge in [0, 0.05) is 46.8 Å². The summed E-state index contributed by atoms with van der Waals surface area (Å²) in [5.74, 6) is 0. The van der Waals surface area contributed by atoms with Crippen LogP contribution < -0.4 is 10.6 Å². The number of nitrogens with one attached hydrogen (secondary N) is 2. The number of nitrogens with zero attached hydrogens (tertiary/aromatic N) is 3. The fraction of sp³-hybridized carbons (Fsp3) is 0.107. The Bertz CT molecular complexity index is 1470. The molecule has 0 aliphatic rings. The highest BCUT2D eigenvalue weighted by Gasteiger charge is 2.14. The molecule has 4 heterocycles. The molecule has 0 saturated heterocycles. The Morgan fingerprint density at radius 3 is 2.58 bits per heavy atom. The monoisotopic (exact) mass is 433 g/mol. The second-order valence-corrected chi connectivity index (χ2v) is 8.01. The highest BCUT2D eigenvalue weighted by atomic mass is 15.1. The van der Waals surface area contributed by atoms with Gasteiger partial charge in [0.25, 0.3) is 0 Å². The molecule has 0 atom stereocenters. The summed E-state index contributed by atoms with van der Waals surface area (Å²) < 4.78 is 0. The van der Waals surface area contributed by atoms with Gasteiger partial charge in [-0.3, -0.25) is 15.1 Å². The molecule has 5 heteroatoms. The van der Waals surface area contributed by atoms with E-state index in [0.29, 0.717) is 0 Å². The Morgan fingerprint density at radius 2 is 1.85 bits per heavy atom. The summed E-state index contributed by atoms with van der Waals surface area (Å²) in [6, 6.07) is 8.20. The van der Waals surface area contributed by atoms with Crippen LogP contribution in [0.25, 0.3) is 35.2 Å². The third kappa shape index (κ3) is 4.67. The van der Waals surface area contributed by atoms with Crippen LogP contribution in [0.5, 0.6) is 0 Å². The molecule has 33 heavy (non-hydrogen) atoms. The van der Waals surface area contributed by atoms with Crippen LogP contribution in [0.4, 0.5) is 0 Å². The van der Waals surface area contributed by atoms with Gasteiger partial charge < -0.3 is 4.98 Å². The van der Waals surface area contributed by atoms with Crippen molar-refractivity contribution in [3.8, 4) is 11.4 Å². The fourth-order valence-electron chi connectivity index (χ4n) is 3.76. The third-order valence-electron chi connectivity index (χ3n) is 5.55. The van der Waals surface area contributed by atoms with Crippen LogP contribution in [0, 0.1) is 13.8 Å². The second-order valence-electron chi connectivity index (χ2n) is 8.01. The van der Waals surface area contributed by atoms with Crippen LogP contribution in [0.15, 0.2) is 73.9 Å². The van der Waals surface area contributed by atoms with Gasteiger partial charge in [0.15, 0.2) is 0 Å². The van der Waals surface area contributed by atoms with Gasteiger partial charge in [0.2, 0.25) is 0 Å². The first-order valence-electron chi connectivity index (χ1n) is 10.8. The first-order chi connectivity index (χ1) is 16.0. The fourth-order valence-corrected chi connectivity index (χ4v) is 3.76. The van der Waals surface area contributed by atoms with E-state index in [1.807, 2.05) is 49.8 Å². The van der Waals surface area contributed by atoms with E-state index in [1.54, 1.807) is 12.3 Å². The van der Waals surface area contributed by atoms with E-state index in [2.05, 4.69) is 70.4 Å². The molecule has 0 unspecified atom stereocenters. The van der Waals surface area contributed by atoms with Crippen molar-refractivity contribution in [1.29, 1.82) is 0 Å². The Hall–Kier alpha value is -4.25. The van der Waals surface area contributed by atoms with Gasteiger partial charge in [0.05, 0.1) is 11.0 Å². The molecule has 0 spiro atoms. The van der Waals surface area contributed by atoms with Gasteiger partial charge in [-0.25, -0.2) is 0 Å². The highest BCUT2D eigenvalue weighted by Crippen LogP contribution is 2.29. The third-order valence-corrected chi connectivity index (χ3v) is 5.55. The predicted molar refractivity (Wildman–Crippen MR) is 136 cm³/mol. The lowest BCUT2D eigenvalue weighted by molar-refractivity contribution is 1.06. The number of allylic oxidation sites excluding steroid dienone is 4. The molecule has 0 aromatic carbocycles. The predicted octanol–water partition coefficient (Wildman–Crippen LogP) is 4.72. The zero-order valence-electron chi connectivity index (χ0n) is 19.2. The number of H-pyrrole nitrogens is 2. The molecule has 2 N–H and O–H groups in total. The second kappa shape index (κ2) is 9.49. The van der Waals surface area contributed by atoms with E-state index in [-0.39, 0.29) is 0 Å². The summed E-state index contributed by atoms with van der Waals surface area (Å²) in [7, 11) is 0. The Morgan fingerprint density at radius 1 is 1.03 bits per heavy atom. The van der Waals surface area contributed by atoms with E-state index in [4.69, 9.17) is 0 Å². The quantitative estimate of drug-likeness (QED) is 0.432. The van der Waals surface area contributed by atoms with E-state index in [1.165, 1.54) is 0 Å². The lowest BCUT2D eigenvalue weighted by Crippen LogP contribution is -2.21. The first kappa shape index (κ1) is 22.0. The summed E-state index contributed by atoms with van der Waals surface area (Å²) in [5.41, 5.74) is 9.25. The topological polar surface area (TPSA) is 70.2 Å². The van der Waals surface area contributed by atoms with Crippen molar-refractivity contribution < 1.29 is 0 Å². The first-order valence-corrected chi connectivity index (χ1v) is 10.8. The molecule has 0 aliphatic heterocycles. The largest absolute Gasteiger partial charge is 0.357 e. The van der Waals surface area contributed by atoms with Crippen molar-refractivity contribution in [3.05, 3.63) is 112 Å². The van der Waals surface area contributed by atoms with Crippen LogP contribution in [0.3, 0.4) is 0 Å². The van der Waals surface area contributed by atoms with E-state index >= 15 is 0 Å². The SMILES string of the molecule is C=C/C=C(/c1cccnc1)c1cc(-c2n[nH]/c(=C/C=C(\C)c3cncc(C)c3)c2=C)[nH]c1C. The maximum atomic E-state index is 4.54. The maximum Gasteiger partial charge on any atom is 0.116 e. The number of aromatic nitrogens is 5. The summed E-state index contributed by atoms with van der Waals surface area (Å²) in [4.78, 5) is 12.0. The minimum absolute atomic E-state index is 0.794. The van der Waals surface area contributed by atoms with E-state index in [9.17, 15) is 0 Å². The number of hydrogen-bond donors (Lipinski definition) is 2. The van der Waals surface area contributed by atoms with Gasteiger partial charge in [0.1, 0.15) is 5.69 Å². The molecule has 0 amide bonds. The van der Waals surface area contributed by atoms with Crippen molar-refractivity contribution in [2.75, 3.05) is 0 Å². The number of hydrogen-bond acceptors (Lipinski definition) is 3. The summed E-state index contributed by atoms with van der Waals surface area (Å²) in [5, 5.41) is 9.36. The summed E-state index contributed by atoms with van der Waals surface area (Å²) in [6.45, 7) is 14.3. The van der Waals surface area contributed by atoms with Gasteiger partial charge >= 0.3 is 0 Å². The van der Waals surface area contributed by atoms with Gasteiger partial charge in [-0.1, -0.05) is 37.5 Å². The molecule has 164 valence electrons. The number of aromatic amines is 2. The minimum atomic E-state index is 0.794. The maximum absolute atomic E-state index is 4.54. The average molecular weight is 434 g/mol. The molecular formula is C28H27N5. The lowest BCUT2D eigenvalue weighted by atomic mass is 9.99. The Balaban J connectivity index is 1.70. The van der Waals surface area contributed by atoms with Crippen molar-refractivity contribution >= 4 is 23.8 Å². The molecule has 0 radical (unpaired) electrons. The molecule has 0 fully saturated rings. The molecular weight excluding hydrogens is 406 g/mol. The summed E-state index contributed by atoms with van der Waals surface area (Å²) >= 11 is 0. The highest BCUT2D eigenvalue weighted by molar-refractivity contribution is 5.83. The molecule has 5 nitrogen and oxygen atoms in total. The van der Waals surface area contributed by atoms with Crippen molar-refractivity contribution in [1.82, 2.24) is 25.1 Å². The van der Waals surface area contributed by atoms with Crippen molar-refractivity contribution in [3.63, 3.8) is 0 Å². The van der Waals surface area contributed by atoms with Gasteiger partial charge in [-0.05, 0) is 67.3 Å². The Kier molecular flexibility index (Phi) is 6.31. The molecule has 4 aromatic rings. The van der Waals surface area contributed by atoms with Crippen molar-refractivity contribution in [2.45, 2.75) is 20.8 Å². The van der Waals surface area contributed by atoms with Crippen LogP contribution >= 0.6 is 0 Å². The van der Waals surface area contributed by atoms with Gasteiger partial charge in [-0.15, -0.1) is 0 Å².